The highest BCUT2D eigenvalue weighted by Gasteiger charge is 2.56. The molecule has 0 radical (unpaired) electrons. The first-order valence-electron chi connectivity index (χ1n) is 11.8. The Hall–Kier alpha value is -2.57. The van der Waals surface area contributed by atoms with Gasteiger partial charge in [0.25, 0.3) is 5.91 Å². The van der Waals surface area contributed by atoms with Crippen molar-refractivity contribution in [1.29, 1.82) is 0 Å². The van der Waals surface area contributed by atoms with Gasteiger partial charge >= 0.3 is 0 Å². The maximum absolute atomic E-state index is 14.1. The van der Waals surface area contributed by atoms with Gasteiger partial charge in [-0.25, -0.2) is 18.7 Å². The molecule has 3 saturated carbocycles. The van der Waals surface area contributed by atoms with Crippen LogP contribution in [0.25, 0.3) is 0 Å². The smallest absolute Gasteiger partial charge is 0.257 e. The number of hydrogen-bond acceptors (Lipinski definition) is 4. The third-order valence-electron chi connectivity index (χ3n) is 8.50. The molecule has 1 aromatic carbocycles. The van der Waals surface area contributed by atoms with Crippen molar-refractivity contribution < 1.29 is 13.6 Å². The van der Waals surface area contributed by atoms with Crippen molar-refractivity contribution in [2.24, 2.45) is 23.2 Å². The standard InChI is InChI=1S/C25H28F2N4O/c26-17-4-5-21(27)19(8-17)24(32)31-7-6-18-22(12-31)29-14-30-23(18)28-13-25-9-15-2-1-3-16(10-25)20(15)11-25/h4-5,8,14-16,20H,1-3,6-7,9-13H2,(H,28,29,30). The largest absolute Gasteiger partial charge is 0.369 e. The van der Waals surface area contributed by atoms with E-state index in [4.69, 9.17) is 0 Å². The fourth-order valence-corrected chi connectivity index (χ4v) is 7.16. The van der Waals surface area contributed by atoms with E-state index in [9.17, 15) is 13.6 Å². The Morgan fingerprint density at radius 3 is 2.75 bits per heavy atom. The molecule has 1 aliphatic heterocycles. The van der Waals surface area contributed by atoms with Gasteiger partial charge in [0.05, 0.1) is 17.8 Å². The fraction of sp³-hybridized carbons (Fsp3) is 0.560. The number of benzene rings is 1. The molecule has 2 unspecified atom stereocenters. The summed E-state index contributed by atoms with van der Waals surface area (Å²) in [6, 6.07) is 2.98. The van der Waals surface area contributed by atoms with E-state index in [-0.39, 0.29) is 12.1 Å². The summed E-state index contributed by atoms with van der Waals surface area (Å²) in [5.74, 6) is 1.82. The Morgan fingerprint density at radius 1 is 1.16 bits per heavy atom. The molecular formula is C25H28F2N4O. The van der Waals surface area contributed by atoms with Crippen LogP contribution < -0.4 is 5.32 Å². The van der Waals surface area contributed by atoms with Crippen LogP contribution in [-0.2, 0) is 13.0 Å². The van der Waals surface area contributed by atoms with Gasteiger partial charge in [-0.15, -0.1) is 0 Å². The fourth-order valence-electron chi connectivity index (χ4n) is 7.16. The quantitative estimate of drug-likeness (QED) is 0.759. The molecule has 0 saturated heterocycles. The lowest BCUT2D eigenvalue weighted by Gasteiger charge is -2.39. The monoisotopic (exact) mass is 438 g/mol. The molecule has 2 heterocycles. The van der Waals surface area contributed by atoms with E-state index in [2.05, 4.69) is 15.3 Å². The Morgan fingerprint density at radius 2 is 1.97 bits per heavy atom. The number of fused-ring (bicyclic) bond motifs is 2. The molecule has 7 heteroatoms. The number of halogens is 2. The Labute approximate surface area is 186 Å². The minimum Gasteiger partial charge on any atom is -0.369 e. The lowest BCUT2D eigenvalue weighted by Crippen LogP contribution is -2.38. The molecule has 2 atom stereocenters. The SMILES string of the molecule is O=C(c1cc(F)ccc1F)N1CCc2c(ncnc2NCC23CC4CCCC(C2)C4C3)C1. The Bertz CT molecular complexity index is 1050. The number of rotatable bonds is 4. The van der Waals surface area contributed by atoms with Crippen molar-refractivity contribution in [2.45, 2.75) is 51.5 Å². The van der Waals surface area contributed by atoms with Crippen LogP contribution >= 0.6 is 0 Å². The molecule has 2 bridgehead atoms. The van der Waals surface area contributed by atoms with Crippen molar-refractivity contribution >= 4 is 11.7 Å². The molecular weight excluding hydrogens is 410 g/mol. The molecule has 1 N–H and O–H groups in total. The van der Waals surface area contributed by atoms with Crippen molar-refractivity contribution in [3.63, 3.8) is 0 Å². The molecule has 3 fully saturated rings. The molecule has 32 heavy (non-hydrogen) atoms. The van der Waals surface area contributed by atoms with Crippen LogP contribution in [0, 0.1) is 34.8 Å². The number of amides is 1. The number of aromatic nitrogens is 2. The summed E-state index contributed by atoms with van der Waals surface area (Å²) < 4.78 is 27.6. The highest BCUT2D eigenvalue weighted by atomic mass is 19.1. The lowest BCUT2D eigenvalue weighted by molar-refractivity contribution is 0.0726. The molecule has 1 aromatic heterocycles. The molecule has 2 aromatic rings. The minimum absolute atomic E-state index is 0.234. The van der Waals surface area contributed by atoms with Gasteiger partial charge in [-0.1, -0.05) is 19.3 Å². The second kappa shape index (κ2) is 7.49. The van der Waals surface area contributed by atoms with Crippen LogP contribution in [0.5, 0.6) is 0 Å². The molecule has 6 rings (SSSR count). The van der Waals surface area contributed by atoms with Gasteiger partial charge in [-0.2, -0.15) is 0 Å². The zero-order chi connectivity index (χ0) is 21.9. The second-order valence-corrected chi connectivity index (χ2v) is 10.3. The predicted molar refractivity (Wildman–Crippen MR) is 116 cm³/mol. The molecule has 4 aliphatic rings. The third kappa shape index (κ3) is 3.28. The maximum Gasteiger partial charge on any atom is 0.257 e. The summed E-state index contributed by atoms with van der Waals surface area (Å²) in [6.45, 7) is 1.66. The molecule has 0 spiro atoms. The number of hydrogen-bond donors (Lipinski definition) is 1. The van der Waals surface area contributed by atoms with Crippen LogP contribution in [0.4, 0.5) is 14.6 Å². The van der Waals surface area contributed by atoms with Crippen LogP contribution in [0.2, 0.25) is 0 Å². The van der Waals surface area contributed by atoms with E-state index in [0.717, 1.165) is 59.6 Å². The molecule has 5 nitrogen and oxygen atoms in total. The minimum atomic E-state index is -0.706. The average molecular weight is 439 g/mol. The number of anilines is 1. The highest BCUT2D eigenvalue weighted by molar-refractivity contribution is 5.94. The summed E-state index contributed by atoms with van der Waals surface area (Å²) in [5, 5.41) is 3.65. The number of nitrogens with zero attached hydrogens (tertiary/aromatic N) is 3. The zero-order valence-corrected chi connectivity index (χ0v) is 18.1. The normalized spacial score (nSPS) is 30.3. The zero-order valence-electron chi connectivity index (χ0n) is 18.1. The van der Waals surface area contributed by atoms with Gasteiger partial charge in [0, 0.05) is 18.7 Å². The summed E-state index contributed by atoms with van der Waals surface area (Å²) >= 11 is 0. The summed E-state index contributed by atoms with van der Waals surface area (Å²) in [5.41, 5.74) is 2.00. The second-order valence-electron chi connectivity index (χ2n) is 10.3. The van der Waals surface area contributed by atoms with Crippen LogP contribution in [0.15, 0.2) is 24.5 Å². The van der Waals surface area contributed by atoms with Crippen LogP contribution in [-0.4, -0.2) is 33.9 Å². The van der Waals surface area contributed by atoms with Crippen molar-refractivity contribution in [3.8, 4) is 0 Å². The van der Waals surface area contributed by atoms with E-state index >= 15 is 0 Å². The van der Waals surface area contributed by atoms with Crippen molar-refractivity contribution in [1.82, 2.24) is 14.9 Å². The first-order chi connectivity index (χ1) is 15.5. The van der Waals surface area contributed by atoms with E-state index in [0.29, 0.717) is 18.4 Å². The summed E-state index contributed by atoms with van der Waals surface area (Å²) in [6.07, 6.45) is 10.4. The van der Waals surface area contributed by atoms with E-state index in [1.165, 1.54) is 49.8 Å². The number of carbonyl (C=O) groups excluding carboxylic acids is 1. The molecule has 3 aliphatic carbocycles. The van der Waals surface area contributed by atoms with E-state index < -0.39 is 17.5 Å². The first kappa shape index (κ1) is 20.1. The number of carbonyl (C=O) groups is 1. The summed E-state index contributed by atoms with van der Waals surface area (Å²) in [4.78, 5) is 23.3. The van der Waals surface area contributed by atoms with E-state index in [1.807, 2.05) is 0 Å². The summed E-state index contributed by atoms with van der Waals surface area (Å²) in [7, 11) is 0. The van der Waals surface area contributed by atoms with E-state index in [1.54, 1.807) is 0 Å². The van der Waals surface area contributed by atoms with Crippen LogP contribution in [0.3, 0.4) is 0 Å². The third-order valence-corrected chi connectivity index (χ3v) is 8.50. The van der Waals surface area contributed by atoms with Gasteiger partial charge in [0.2, 0.25) is 0 Å². The molecule has 1 amide bonds. The highest BCUT2D eigenvalue weighted by Crippen LogP contribution is 2.64. The van der Waals surface area contributed by atoms with Gasteiger partial charge in [-0.05, 0) is 67.1 Å². The topological polar surface area (TPSA) is 58.1 Å². The van der Waals surface area contributed by atoms with Gasteiger partial charge in [0.15, 0.2) is 0 Å². The number of nitrogens with one attached hydrogen (secondary N) is 1. The Balaban J connectivity index is 1.17. The first-order valence-corrected chi connectivity index (χ1v) is 11.8. The maximum atomic E-state index is 14.1. The molecule has 168 valence electrons. The van der Waals surface area contributed by atoms with Gasteiger partial charge < -0.3 is 10.2 Å². The van der Waals surface area contributed by atoms with Crippen LogP contribution in [0.1, 0.15) is 60.1 Å². The average Bonchev–Trinajstić information content (AvgIpc) is 3.35. The van der Waals surface area contributed by atoms with Crippen molar-refractivity contribution in [3.05, 3.63) is 53.0 Å². The van der Waals surface area contributed by atoms with Gasteiger partial charge in [0.1, 0.15) is 23.8 Å². The van der Waals surface area contributed by atoms with Crippen molar-refractivity contribution in [2.75, 3.05) is 18.4 Å². The lowest BCUT2D eigenvalue weighted by atomic mass is 9.68. The predicted octanol–water partition coefficient (Wildman–Crippen LogP) is 4.58. The Kier molecular flexibility index (Phi) is 4.70. The van der Waals surface area contributed by atoms with Gasteiger partial charge in [-0.3, -0.25) is 4.79 Å².